The summed E-state index contributed by atoms with van der Waals surface area (Å²) in [5.41, 5.74) is 7.13. The Morgan fingerprint density at radius 2 is 2.11 bits per heavy atom. The van der Waals surface area contributed by atoms with Crippen molar-refractivity contribution in [3.63, 3.8) is 0 Å². The summed E-state index contributed by atoms with van der Waals surface area (Å²) in [6.07, 6.45) is 5.30. The summed E-state index contributed by atoms with van der Waals surface area (Å²) in [7, 11) is 3.99. The molecule has 3 N–H and O–H groups in total. The van der Waals surface area contributed by atoms with E-state index >= 15 is 0 Å². The van der Waals surface area contributed by atoms with Crippen molar-refractivity contribution in [1.29, 1.82) is 0 Å². The second-order valence-electron chi connectivity index (χ2n) is 4.74. The average molecular weight is 296 g/mol. The minimum Gasteiger partial charge on any atom is -0.399 e. The van der Waals surface area contributed by atoms with Gasteiger partial charge in [-0.25, -0.2) is 0 Å². The fourth-order valence-corrected chi connectivity index (χ4v) is 5.04. The van der Waals surface area contributed by atoms with Gasteiger partial charge in [0.2, 0.25) is 5.91 Å². The van der Waals surface area contributed by atoms with Gasteiger partial charge in [0.15, 0.2) is 0 Å². The first-order chi connectivity index (χ1) is 9.24. The van der Waals surface area contributed by atoms with Crippen LogP contribution in [0.15, 0.2) is 24.3 Å². The molecule has 0 bridgehead atoms. The standard InChI is InChI=1S/C14H20N2OS2/c15-11-5-7-12(8-6-11)16-14(17)4-2-1-3-13-9-10-18-19-13/h5-8,13H,1-4,9-10,15H2,(H,16,17). The van der Waals surface area contributed by atoms with Gasteiger partial charge in [-0.15, -0.1) is 0 Å². The van der Waals surface area contributed by atoms with Gasteiger partial charge in [-0.1, -0.05) is 28.0 Å². The predicted octanol–water partition coefficient (Wildman–Crippen LogP) is 3.92. The third-order valence-electron chi connectivity index (χ3n) is 3.10. The number of anilines is 2. The first-order valence-electron chi connectivity index (χ1n) is 6.68. The lowest BCUT2D eigenvalue weighted by atomic mass is 10.1. The second kappa shape index (κ2) is 7.70. The molecule has 1 aliphatic heterocycles. The molecule has 1 aliphatic rings. The quantitative estimate of drug-likeness (QED) is 0.474. The van der Waals surface area contributed by atoms with Crippen LogP contribution in [0.3, 0.4) is 0 Å². The van der Waals surface area contributed by atoms with Crippen LogP contribution in [0.2, 0.25) is 0 Å². The van der Waals surface area contributed by atoms with Crippen molar-refractivity contribution >= 4 is 38.9 Å². The zero-order chi connectivity index (χ0) is 13.5. The van der Waals surface area contributed by atoms with E-state index in [0.29, 0.717) is 12.1 Å². The molecule has 1 saturated heterocycles. The first-order valence-corrected chi connectivity index (χ1v) is 9.06. The molecular weight excluding hydrogens is 276 g/mol. The van der Waals surface area contributed by atoms with Gasteiger partial charge in [-0.3, -0.25) is 4.79 Å². The van der Waals surface area contributed by atoms with Crippen LogP contribution in [0.1, 0.15) is 32.1 Å². The molecule has 5 heteroatoms. The van der Waals surface area contributed by atoms with Gasteiger partial charge in [-0.2, -0.15) is 0 Å². The molecule has 3 nitrogen and oxygen atoms in total. The van der Waals surface area contributed by atoms with Crippen LogP contribution >= 0.6 is 21.6 Å². The van der Waals surface area contributed by atoms with E-state index in [-0.39, 0.29) is 5.91 Å². The van der Waals surface area contributed by atoms with E-state index in [2.05, 4.69) is 5.32 Å². The van der Waals surface area contributed by atoms with Gasteiger partial charge < -0.3 is 11.1 Å². The minimum absolute atomic E-state index is 0.0956. The van der Waals surface area contributed by atoms with E-state index in [4.69, 9.17) is 5.73 Å². The Morgan fingerprint density at radius 3 is 2.79 bits per heavy atom. The molecule has 0 spiro atoms. The molecule has 1 aromatic rings. The first kappa shape index (κ1) is 14.6. The number of amides is 1. The van der Waals surface area contributed by atoms with Crippen LogP contribution in [-0.2, 0) is 4.79 Å². The molecule has 1 amide bonds. The molecule has 0 aromatic heterocycles. The summed E-state index contributed by atoms with van der Waals surface area (Å²) in [5, 5.41) is 3.70. The number of nitrogens with one attached hydrogen (secondary N) is 1. The van der Waals surface area contributed by atoms with E-state index in [1.807, 2.05) is 33.7 Å². The molecule has 1 unspecified atom stereocenters. The van der Waals surface area contributed by atoms with Crippen LogP contribution in [0.25, 0.3) is 0 Å². The highest BCUT2D eigenvalue weighted by atomic mass is 33.1. The van der Waals surface area contributed by atoms with Crippen molar-refractivity contribution in [2.75, 3.05) is 16.8 Å². The van der Waals surface area contributed by atoms with Crippen LogP contribution in [0, 0.1) is 0 Å². The summed E-state index contributed by atoms with van der Waals surface area (Å²) >= 11 is 0. The van der Waals surface area contributed by atoms with Crippen LogP contribution in [-0.4, -0.2) is 16.9 Å². The zero-order valence-electron chi connectivity index (χ0n) is 10.9. The monoisotopic (exact) mass is 296 g/mol. The number of unbranched alkanes of at least 4 members (excludes halogenated alkanes) is 1. The van der Waals surface area contributed by atoms with Gasteiger partial charge in [0.1, 0.15) is 0 Å². The van der Waals surface area contributed by atoms with Crippen molar-refractivity contribution < 1.29 is 4.79 Å². The molecule has 0 saturated carbocycles. The van der Waals surface area contributed by atoms with E-state index in [9.17, 15) is 4.79 Å². The highest BCUT2D eigenvalue weighted by Gasteiger charge is 2.15. The zero-order valence-corrected chi connectivity index (χ0v) is 12.6. The largest absolute Gasteiger partial charge is 0.399 e. The Kier molecular flexibility index (Phi) is 5.92. The Morgan fingerprint density at radius 1 is 1.32 bits per heavy atom. The van der Waals surface area contributed by atoms with Gasteiger partial charge in [0, 0.05) is 28.8 Å². The van der Waals surface area contributed by atoms with Gasteiger partial charge in [0.05, 0.1) is 0 Å². The lowest BCUT2D eigenvalue weighted by Crippen LogP contribution is -2.11. The molecule has 104 valence electrons. The van der Waals surface area contributed by atoms with Crippen LogP contribution in [0.5, 0.6) is 0 Å². The van der Waals surface area contributed by atoms with Crippen molar-refractivity contribution in [1.82, 2.24) is 0 Å². The fourth-order valence-electron chi connectivity index (χ4n) is 2.01. The van der Waals surface area contributed by atoms with E-state index < -0.39 is 0 Å². The third kappa shape index (κ3) is 5.37. The predicted molar refractivity (Wildman–Crippen MR) is 86.4 cm³/mol. The summed E-state index contributed by atoms with van der Waals surface area (Å²) in [4.78, 5) is 11.7. The second-order valence-corrected chi connectivity index (χ2v) is 7.53. The molecule has 1 heterocycles. The fraction of sp³-hybridized carbons (Fsp3) is 0.500. The Balaban J connectivity index is 1.60. The Labute approximate surface area is 122 Å². The van der Waals surface area contributed by atoms with E-state index in [0.717, 1.165) is 23.8 Å². The topological polar surface area (TPSA) is 55.1 Å². The number of rotatable bonds is 6. The number of carbonyl (C=O) groups excluding carboxylic acids is 1. The maximum Gasteiger partial charge on any atom is 0.224 e. The summed E-state index contributed by atoms with van der Waals surface area (Å²) in [6, 6.07) is 7.26. The highest BCUT2D eigenvalue weighted by Crippen LogP contribution is 2.39. The molecule has 19 heavy (non-hydrogen) atoms. The molecule has 0 radical (unpaired) electrons. The number of benzene rings is 1. The number of carbonyl (C=O) groups is 1. The highest BCUT2D eigenvalue weighted by molar-refractivity contribution is 8.77. The van der Waals surface area contributed by atoms with Gasteiger partial charge in [-0.05, 0) is 43.5 Å². The van der Waals surface area contributed by atoms with Gasteiger partial charge >= 0.3 is 0 Å². The maximum absolute atomic E-state index is 11.7. The summed E-state index contributed by atoms with van der Waals surface area (Å²) < 4.78 is 0. The molecule has 1 aromatic carbocycles. The summed E-state index contributed by atoms with van der Waals surface area (Å²) in [6.45, 7) is 0. The molecule has 0 aliphatic carbocycles. The molecule has 1 atom stereocenters. The number of nitrogens with two attached hydrogens (primary N) is 1. The maximum atomic E-state index is 11.7. The Bertz CT molecular complexity index is 402. The lowest BCUT2D eigenvalue weighted by Gasteiger charge is -2.07. The number of nitrogen functional groups attached to an aromatic ring is 1. The SMILES string of the molecule is Nc1ccc(NC(=O)CCCCC2CCSS2)cc1. The number of hydrogen-bond donors (Lipinski definition) is 2. The van der Waals surface area contributed by atoms with Crippen molar-refractivity contribution in [2.24, 2.45) is 0 Å². The van der Waals surface area contributed by atoms with Crippen LogP contribution < -0.4 is 11.1 Å². The van der Waals surface area contributed by atoms with E-state index in [1.54, 1.807) is 12.1 Å². The average Bonchev–Trinajstić information content (AvgIpc) is 2.91. The summed E-state index contributed by atoms with van der Waals surface area (Å²) in [5.74, 6) is 1.38. The van der Waals surface area contributed by atoms with Crippen molar-refractivity contribution in [3.05, 3.63) is 24.3 Å². The molecule has 1 fully saturated rings. The normalized spacial score (nSPS) is 18.4. The molecule has 2 rings (SSSR count). The minimum atomic E-state index is 0.0956. The Hall–Kier alpha value is -0.810. The third-order valence-corrected chi connectivity index (χ3v) is 6.11. The molecular formula is C14H20N2OS2. The lowest BCUT2D eigenvalue weighted by molar-refractivity contribution is -0.116. The van der Waals surface area contributed by atoms with E-state index in [1.165, 1.54) is 18.6 Å². The van der Waals surface area contributed by atoms with Gasteiger partial charge in [0.25, 0.3) is 0 Å². The smallest absolute Gasteiger partial charge is 0.224 e. The van der Waals surface area contributed by atoms with Crippen LogP contribution in [0.4, 0.5) is 11.4 Å². The van der Waals surface area contributed by atoms with Crippen molar-refractivity contribution in [3.8, 4) is 0 Å². The van der Waals surface area contributed by atoms with Crippen molar-refractivity contribution in [2.45, 2.75) is 37.4 Å². The number of hydrogen-bond acceptors (Lipinski definition) is 4.